The third-order valence-electron chi connectivity index (χ3n) is 3.66. The van der Waals surface area contributed by atoms with Crippen LogP contribution in [0.2, 0.25) is 0 Å². The molecule has 0 unspecified atom stereocenters. The van der Waals surface area contributed by atoms with Crippen molar-refractivity contribution in [1.82, 2.24) is 10.2 Å². The molecule has 1 heterocycles. The predicted molar refractivity (Wildman–Crippen MR) is 106 cm³/mol. The van der Waals surface area contributed by atoms with E-state index >= 15 is 0 Å². The number of nitrogens with zero attached hydrogens (tertiary/aromatic N) is 3. The van der Waals surface area contributed by atoms with Crippen LogP contribution in [0.4, 0.5) is 11.7 Å². The number of non-ortho nitro benzene ring substituents is 1. The van der Waals surface area contributed by atoms with Crippen LogP contribution in [0.15, 0.2) is 45.3 Å². The zero-order valence-corrected chi connectivity index (χ0v) is 16.3. The van der Waals surface area contributed by atoms with Crippen molar-refractivity contribution >= 4 is 39.8 Å². The van der Waals surface area contributed by atoms with E-state index in [2.05, 4.69) is 26.1 Å². The minimum atomic E-state index is -0.445. The fraction of sp³-hybridized carbons (Fsp3) is 0.111. The van der Waals surface area contributed by atoms with Crippen LogP contribution in [0, 0.1) is 10.1 Å². The number of nitro groups is 1. The van der Waals surface area contributed by atoms with Crippen molar-refractivity contribution in [3.63, 3.8) is 0 Å². The molecule has 0 atom stereocenters. The Hall–Kier alpha value is -3.40. The van der Waals surface area contributed by atoms with E-state index in [1.54, 1.807) is 30.4 Å². The molecule has 0 radical (unpaired) electrons. The molecule has 2 N–H and O–H groups in total. The number of rotatable bonds is 7. The third-order valence-corrected chi connectivity index (χ3v) is 4.25. The maximum atomic E-state index is 10.7. The molecule has 0 aliphatic carbocycles. The number of nitrogen functional groups attached to an aromatic ring is 1. The minimum Gasteiger partial charge on any atom is -0.493 e. The van der Waals surface area contributed by atoms with Gasteiger partial charge in [0.15, 0.2) is 11.5 Å². The highest BCUT2D eigenvalue weighted by Crippen LogP contribution is 2.37. The van der Waals surface area contributed by atoms with E-state index in [9.17, 15) is 10.1 Å². The first-order chi connectivity index (χ1) is 13.5. The Balaban J connectivity index is 1.75. The van der Waals surface area contributed by atoms with Gasteiger partial charge in [0, 0.05) is 18.2 Å². The molecule has 10 heteroatoms. The van der Waals surface area contributed by atoms with Crippen LogP contribution in [-0.4, -0.2) is 22.2 Å². The summed E-state index contributed by atoms with van der Waals surface area (Å²) in [5.41, 5.74) is 7.02. The summed E-state index contributed by atoms with van der Waals surface area (Å²) in [6.45, 7) is 0.226. The van der Waals surface area contributed by atoms with Gasteiger partial charge in [0.2, 0.25) is 5.89 Å². The molecule has 3 rings (SSSR count). The van der Waals surface area contributed by atoms with Crippen molar-refractivity contribution in [2.45, 2.75) is 6.61 Å². The molecule has 144 valence electrons. The molecule has 0 aliphatic rings. The molecule has 2 aromatic carbocycles. The summed E-state index contributed by atoms with van der Waals surface area (Å²) in [6.07, 6.45) is 3.39. The summed E-state index contributed by atoms with van der Waals surface area (Å²) in [5, 5.41) is 18.1. The molecule has 9 nitrogen and oxygen atoms in total. The monoisotopic (exact) mass is 446 g/mol. The molecule has 0 spiro atoms. The first-order valence-corrected chi connectivity index (χ1v) is 8.76. The molecular weight excluding hydrogens is 432 g/mol. The summed E-state index contributed by atoms with van der Waals surface area (Å²) < 4.78 is 17.0. The average Bonchev–Trinajstić information content (AvgIpc) is 3.10. The number of methoxy groups -OCH3 is 1. The number of benzene rings is 2. The average molecular weight is 447 g/mol. The number of hydrogen-bond donors (Lipinski definition) is 1. The van der Waals surface area contributed by atoms with Crippen molar-refractivity contribution in [2.75, 3.05) is 12.8 Å². The van der Waals surface area contributed by atoms with E-state index in [1.807, 2.05) is 6.07 Å². The van der Waals surface area contributed by atoms with Crippen LogP contribution in [0.1, 0.15) is 17.0 Å². The van der Waals surface area contributed by atoms with Crippen molar-refractivity contribution in [1.29, 1.82) is 0 Å². The number of hydrogen-bond acceptors (Lipinski definition) is 8. The van der Waals surface area contributed by atoms with Gasteiger partial charge in [-0.1, -0.05) is 5.10 Å². The fourth-order valence-electron chi connectivity index (χ4n) is 2.33. The number of halogens is 1. The summed E-state index contributed by atoms with van der Waals surface area (Å²) >= 11 is 3.47. The van der Waals surface area contributed by atoms with Gasteiger partial charge in [0.25, 0.3) is 5.69 Å². The highest BCUT2D eigenvalue weighted by atomic mass is 79.9. The van der Waals surface area contributed by atoms with E-state index < -0.39 is 4.92 Å². The highest BCUT2D eigenvalue weighted by molar-refractivity contribution is 9.10. The number of ether oxygens (including phenoxy) is 2. The van der Waals surface area contributed by atoms with Crippen molar-refractivity contribution in [3.8, 4) is 11.5 Å². The maximum Gasteiger partial charge on any atom is 0.313 e. The second-order valence-electron chi connectivity index (χ2n) is 5.56. The van der Waals surface area contributed by atoms with Crippen LogP contribution in [0.3, 0.4) is 0 Å². The van der Waals surface area contributed by atoms with E-state index in [0.717, 1.165) is 11.1 Å². The lowest BCUT2D eigenvalue weighted by Gasteiger charge is -2.13. The van der Waals surface area contributed by atoms with Crippen molar-refractivity contribution in [2.24, 2.45) is 0 Å². The Bertz CT molecular complexity index is 1020. The Morgan fingerprint density at radius 2 is 2.00 bits per heavy atom. The summed E-state index contributed by atoms with van der Waals surface area (Å²) in [4.78, 5) is 10.3. The van der Waals surface area contributed by atoms with Gasteiger partial charge < -0.3 is 19.6 Å². The van der Waals surface area contributed by atoms with Crippen LogP contribution in [0.25, 0.3) is 12.2 Å². The van der Waals surface area contributed by atoms with Gasteiger partial charge in [-0.25, -0.2) is 0 Å². The molecule has 0 saturated heterocycles. The van der Waals surface area contributed by atoms with Gasteiger partial charge in [-0.3, -0.25) is 10.1 Å². The van der Waals surface area contributed by atoms with Crippen LogP contribution < -0.4 is 15.2 Å². The van der Waals surface area contributed by atoms with Gasteiger partial charge in [-0.05, 0) is 57.4 Å². The van der Waals surface area contributed by atoms with Gasteiger partial charge in [0.1, 0.15) is 6.61 Å². The Labute approximate surface area is 168 Å². The first-order valence-electron chi connectivity index (χ1n) is 7.97. The van der Waals surface area contributed by atoms with Crippen LogP contribution >= 0.6 is 15.9 Å². The zero-order valence-electron chi connectivity index (χ0n) is 14.7. The van der Waals surface area contributed by atoms with Gasteiger partial charge in [-0.2, -0.15) is 0 Å². The lowest BCUT2D eigenvalue weighted by molar-refractivity contribution is -0.384. The van der Waals surface area contributed by atoms with Gasteiger partial charge >= 0.3 is 6.01 Å². The Kier molecular flexibility index (Phi) is 5.90. The normalized spacial score (nSPS) is 10.9. The summed E-state index contributed by atoms with van der Waals surface area (Å²) in [5.74, 6) is 1.31. The minimum absolute atomic E-state index is 0.00611. The second-order valence-corrected chi connectivity index (χ2v) is 6.41. The molecule has 0 saturated carbocycles. The van der Waals surface area contributed by atoms with Crippen LogP contribution in [0.5, 0.6) is 11.5 Å². The molecule has 0 bridgehead atoms. The van der Waals surface area contributed by atoms with E-state index in [1.165, 1.54) is 19.2 Å². The molecule has 28 heavy (non-hydrogen) atoms. The Morgan fingerprint density at radius 1 is 1.25 bits per heavy atom. The smallest absolute Gasteiger partial charge is 0.313 e. The molecule has 0 fully saturated rings. The number of nitro benzene ring substituents is 1. The topological polar surface area (TPSA) is 127 Å². The summed E-state index contributed by atoms with van der Waals surface area (Å²) in [6, 6.07) is 9.77. The quantitative estimate of drug-likeness (QED) is 0.424. The zero-order chi connectivity index (χ0) is 20.1. The SMILES string of the molecule is COc1cc(/C=C/c2nnc(N)o2)cc(Br)c1OCc1ccc([N+](=O)[O-])cc1. The van der Waals surface area contributed by atoms with Crippen molar-refractivity contribution < 1.29 is 18.8 Å². The number of nitrogens with two attached hydrogens (primary N) is 1. The van der Waals surface area contributed by atoms with Gasteiger partial charge in [0.05, 0.1) is 16.5 Å². The maximum absolute atomic E-state index is 10.7. The number of anilines is 1. The standard InChI is InChI=1S/C18H15BrN4O5/c1-26-15-9-12(4-7-16-21-22-18(20)28-16)8-14(19)17(15)27-10-11-2-5-13(6-3-11)23(24)25/h2-9H,10H2,1H3,(H2,20,22)/b7-4+. The molecule has 1 aromatic heterocycles. The first kappa shape index (κ1) is 19.4. The van der Waals surface area contributed by atoms with Gasteiger partial charge in [-0.15, -0.1) is 5.10 Å². The fourth-order valence-corrected chi connectivity index (χ4v) is 2.90. The highest BCUT2D eigenvalue weighted by Gasteiger charge is 2.12. The predicted octanol–water partition coefficient (Wildman–Crippen LogP) is 4.08. The largest absolute Gasteiger partial charge is 0.493 e. The number of aromatic nitrogens is 2. The molecule has 0 amide bonds. The molecular formula is C18H15BrN4O5. The molecule has 3 aromatic rings. The third kappa shape index (κ3) is 4.65. The molecule has 0 aliphatic heterocycles. The lowest BCUT2D eigenvalue weighted by atomic mass is 10.2. The lowest BCUT2D eigenvalue weighted by Crippen LogP contribution is -1.99. The van der Waals surface area contributed by atoms with Crippen molar-refractivity contribution in [3.05, 3.63) is 68.0 Å². The summed E-state index contributed by atoms with van der Waals surface area (Å²) in [7, 11) is 1.53. The van der Waals surface area contributed by atoms with E-state index in [-0.39, 0.29) is 24.2 Å². The van der Waals surface area contributed by atoms with E-state index in [0.29, 0.717) is 16.0 Å². The van der Waals surface area contributed by atoms with E-state index in [4.69, 9.17) is 19.6 Å². The van der Waals surface area contributed by atoms with Crippen LogP contribution in [-0.2, 0) is 6.61 Å². The second kappa shape index (κ2) is 8.53. The Morgan fingerprint density at radius 3 is 2.61 bits per heavy atom.